The Hall–Kier alpha value is -2.48. The smallest absolute Gasteiger partial charge is 0.338 e. The van der Waals surface area contributed by atoms with Gasteiger partial charge >= 0.3 is 5.97 Å². The van der Waals surface area contributed by atoms with Crippen LogP contribution in [0.25, 0.3) is 0 Å². The van der Waals surface area contributed by atoms with E-state index in [0.717, 1.165) is 0 Å². The molecule has 5 heteroatoms. The van der Waals surface area contributed by atoms with Gasteiger partial charge in [0.05, 0.1) is 19.1 Å². The molecule has 0 aliphatic carbocycles. The number of primary amides is 1. The minimum Gasteiger partial charge on any atom is -0.465 e. The van der Waals surface area contributed by atoms with Crippen LogP contribution in [0.5, 0.6) is 0 Å². The molecule has 0 saturated carbocycles. The van der Waals surface area contributed by atoms with Crippen molar-refractivity contribution in [1.29, 1.82) is 0 Å². The number of hydrogen-bond donors (Lipinski definition) is 2. The first-order chi connectivity index (χ1) is 8.45. The van der Waals surface area contributed by atoms with Gasteiger partial charge in [-0.3, -0.25) is 4.79 Å². The van der Waals surface area contributed by atoms with Crippen LogP contribution in [0.2, 0.25) is 0 Å². The van der Waals surface area contributed by atoms with Gasteiger partial charge in [0.15, 0.2) is 0 Å². The summed E-state index contributed by atoms with van der Waals surface area (Å²) in [7, 11) is 1.30. The summed E-state index contributed by atoms with van der Waals surface area (Å²) < 4.78 is 4.65. The molecule has 5 nitrogen and oxygen atoms in total. The highest BCUT2D eigenvalue weighted by atomic mass is 16.5. The predicted molar refractivity (Wildman–Crippen MR) is 67.6 cm³/mol. The fourth-order valence-corrected chi connectivity index (χ4v) is 1.36. The second kappa shape index (κ2) is 5.73. The molecule has 18 heavy (non-hydrogen) atoms. The van der Waals surface area contributed by atoms with Crippen LogP contribution >= 0.6 is 0 Å². The zero-order valence-corrected chi connectivity index (χ0v) is 10.2. The zero-order chi connectivity index (χ0) is 13.7. The Morgan fingerprint density at radius 2 is 2.06 bits per heavy atom. The van der Waals surface area contributed by atoms with E-state index in [1.165, 1.54) is 7.11 Å². The van der Waals surface area contributed by atoms with Crippen molar-refractivity contribution >= 4 is 17.6 Å². The number of ether oxygens (including phenoxy) is 1. The number of nitrogen functional groups attached to an aromatic ring is 1. The monoisotopic (exact) mass is 246 g/mol. The lowest BCUT2D eigenvalue weighted by Crippen LogP contribution is -2.08. The standard InChI is InChI=1S/C13H14N2O3/c1-8-10(13(17)18-2)6-9(7-11(8)14)4-3-5-12(15)16/h6-7H,5,14H2,1-2H3,(H2,15,16). The summed E-state index contributed by atoms with van der Waals surface area (Å²) in [6.07, 6.45) is -0.0403. The topological polar surface area (TPSA) is 95.4 Å². The van der Waals surface area contributed by atoms with Gasteiger partial charge in [0, 0.05) is 11.3 Å². The average molecular weight is 246 g/mol. The third-order valence-electron chi connectivity index (χ3n) is 2.35. The van der Waals surface area contributed by atoms with Gasteiger partial charge < -0.3 is 16.2 Å². The molecular formula is C13H14N2O3. The molecule has 4 N–H and O–H groups in total. The molecule has 0 fully saturated rings. The van der Waals surface area contributed by atoms with E-state index in [0.29, 0.717) is 22.4 Å². The lowest BCUT2D eigenvalue weighted by atomic mass is 10.0. The van der Waals surface area contributed by atoms with Gasteiger partial charge in [-0.05, 0) is 24.6 Å². The first-order valence-electron chi connectivity index (χ1n) is 5.21. The van der Waals surface area contributed by atoms with E-state index in [1.54, 1.807) is 19.1 Å². The Labute approximate surface area is 105 Å². The van der Waals surface area contributed by atoms with Gasteiger partial charge in [-0.1, -0.05) is 11.8 Å². The van der Waals surface area contributed by atoms with Crippen LogP contribution in [0.3, 0.4) is 0 Å². The maximum absolute atomic E-state index is 11.5. The minimum atomic E-state index is -0.504. The van der Waals surface area contributed by atoms with Gasteiger partial charge in [-0.2, -0.15) is 0 Å². The van der Waals surface area contributed by atoms with E-state index in [4.69, 9.17) is 11.5 Å². The maximum atomic E-state index is 11.5. The second-order valence-electron chi connectivity index (χ2n) is 3.67. The predicted octanol–water partition coefficient (Wildman–Crippen LogP) is 0.591. The fourth-order valence-electron chi connectivity index (χ4n) is 1.36. The Morgan fingerprint density at radius 1 is 1.39 bits per heavy atom. The molecule has 1 aromatic carbocycles. The van der Waals surface area contributed by atoms with Crippen LogP contribution in [-0.4, -0.2) is 19.0 Å². The Bertz CT molecular complexity index is 553. The Morgan fingerprint density at radius 3 is 2.61 bits per heavy atom. The highest BCUT2D eigenvalue weighted by molar-refractivity contribution is 5.93. The van der Waals surface area contributed by atoms with Crippen molar-refractivity contribution in [2.75, 3.05) is 12.8 Å². The third kappa shape index (κ3) is 3.25. The van der Waals surface area contributed by atoms with Gasteiger partial charge in [0.25, 0.3) is 0 Å². The van der Waals surface area contributed by atoms with Gasteiger partial charge in [-0.15, -0.1) is 0 Å². The molecule has 0 unspecified atom stereocenters. The molecule has 0 bridgehead atoms. The van der Waals surface area contributed by atoms with E-state index < -0.39 is 11.9 Å². The van der Waals surface area contributed by atoms with Gasteiger partial charge in [0.2, 0.25) is 5.91 Å². The molecule has 0 aromatic heterocycles. The van der Waals surface area contributed by atoms with Crippen LogP contribution in [-0.2, 0) is 9.53 Å². The molecule has 0 spiro atoms. The lowest BCUT2D eigenvalue weighted by molar-refractivity contribution is -0.117. The Balaban J connectivity index is 3.15. The Kier molecular flexibility index (Phi) is 4.33. The molecule has 0 radical (unpaired) electrons. The lowest BCUT2D eigenvalue weighted by Gasteiger charge is -2.07. The van der Waals surface area contributed by atoms with E-state index in [1.807, 2.05) is 0 Å². The number of hydrogen-bond acceptors (Lipinski definition) is 4. The molecular weight excluding hydrogens is 232 g/mol. The van der Waals surface area contributed by atoms with E-state index in [-0.39, 0.29) is 6.42 Å². The number of methoxy groups -OCH3 is 1. The fraction of sp³-hybridized carbons (Fsp3) is 0.231. The molecule has 0 saturated heterocycles. The molecule has 1 rings (SSSR count). The first-order valence-corrected chi connectivity index (χ1v) is 5.21. The maximum Gasteiger partial charge on any atom is 0.338 e. The highest BCUT2D eigenvalue weighted by Gasteiger charge is 2.12. The average Bonchev–Trinajstić information content (AvgIpc) is 2.32. The van der Waals surface area contributed by atoms with Crippen molar-refractivity contribution in [2.24, 2.45) is 5.73 Å². The molecule has 0 heterocycles. The molecule has 0 aliphatic heterocycles. The van der Waals surface area contributed by atoms with Crippen molar-refractivity contribution < 1.29 is 14.3 Å². The number of anilines is 1. The normalized spacial score (nSPS) is 9.22. The number of carbonyl (C=O) groups is 2. The summed E-state index contributed by atoms with van der Waals surface area (Å²) in [5, 5.41) is 0. The number of amides is 1. The van der Waals surface area contributed by atoms with Crippen molar-refractivity contribution in [1.82, 2.24) is 0 Å². The van der Waals surface area contributed by atoms with Crippen LogP contribution in [0, 0.1) is 18.8 Å². The summed E-state index contributed by atoms with van der Waals surface area (Å²) in [6.45, 7) is 1.72. The molecule has 94 valence electrons. The largest absolute Gasteiger partial charge is 0.465 e. The highest BCUT2D eigenvalue weighted by Crippen LogP contribution is 2.19. The van der Waals surface area contributed by atoms with Crippen LogP contribution in [0.1, 0.15) is 27.9 Å². The molecule has 0 atom stereocenters. The van der Waals surface area contributed by atoms with Crippen molar-refractivity contribution in [3.63, 3.8) is 0 Å². The number of nitrogens with two attached hydrogens (primary N) is 2. The summed E-state index contributed by atoms with van der Waals surface area (Å²) in [4.78, 5) is 22.1. The minimum absolute atomic E-state index is 0.0403. The second-order valence-corrected chi connectivity index (χ2v) is 3.67. The summed E-state index contributed by atoms with van der Waals surface area (Å²) in [5.41, 5.74) is 12.7. The van der Waals surface area contributed by atoms with Gasteiger partial charge in [0.1, 0.15) is 0 Å². The molecule has 1 aromatic rings. The molecule has 0 aliphatic rings. The summed E-state index contributed by atoms with van der Waals surface area (Å²) >= 11 is 0. The van der Waals surface area contributed by atoms with E-state index in [9.17, 15) is 9.59 Å². The van der Waals surface area contributed by atoms with E-state index in [2.05, 4.69) is 16.6 Å². The molecule has 1 amide bonds. The van der Waals surface area contributed by atoms with E-state index >= 15 is 0 Å². The van der Waals surface area contributed by atoms with Crippen LogP contribution in [0.15, 0.2) is 12.1 Å². The van der Waals surface area contributed by atoms with Crippen LogP contribution in [0.4, 0.5) is 5.69 Å². The zero-order valence-electron chi connectivity index (χ0n) is 10.2. The quantitative estimate of drug-likeness (QED) is 0.453. The number of carbonyl (C=O) groups excluding carboxylic acids is 2. The SMILES string of the molecule is COC(=O)c1cc(C#CCC(N)=O)cc(N)c1C. The summed E-state index contributed by atoms with van der Waals surface area (Å²) in [6, 6.07) is 3.21. The van der Waals surface area contributed by atoms with Gasteiger partial charge in [-0.25, -0.2) is 4.79 Å². The summed E-state index contributed by atoms with van der Waals surface area (Å²) in [5.74, 6) is 4.35. The van der Waals surface area contributed by atoms with Crippen LogP contribution < -0.4 is 11.5 Å². The third-order valence-corrected chi connectivity index (χ3v) is 2.35. The number of esters is 1. The van der Waals surface area contributed by atoms with Crippen molar-refractivity contribution in [3.05, 3.63) is 28.8 Å². The first kappa shape index (κ1) is 13.6. The number of benzene rings is 1. The van der Waals surface area contributed by atoms with Crippen molar-refractivity contribution in [3.8, 4) is 11.8 Å². The number of rotatable bonds is 2. The van der Waals surface area contributed by atoms with Crippen molar-refractivity contribution in [2.45, 2.75) is 13.3 Å².